The van der Waals surface area contributed by atoms with Gasteiger partial charge in [-0.15, -0.1) is 11.3 Å². The molecule has 3 aromatic rings. The number of rotatable bonds is 7. The highest BCUT2D eigenvalue weighted by atomic mass is 127. The fourth-order valence-electron chi connectivity index (χ4n) is 5.09. The molecular weight excluding hydrogens is 765 g/mol. The molecule has 4 nitrogen and oxygen atoms in total. The fourth-order valence-corrected chi connectivity index (χ4v) is 8.92. The summed E-state index contributed by atoms with van der Waals surface area (Å²) in [5.74, 6) is 0.866. The zero-order chi connectivity index (χ0) is 26.6. The molecule has 9 heteroatoms. The van der Waals surface area contributed by atoms with Crippen molar-refractivity contribution in [2.75, 3.05) is 0 Å². The maximum atomic E-state index is 13.4. The number of amides is 1. The van der Waals surface area contributed by atoms with Crippen LogP contribution in [-0.4, -0.2) is 18.2 Å². The summed E-state index contributed by atoms with van der Waals surface area (Å²) in [5.41, 5.74) is 3.88. The fraction of sp³-hybridized carbons (Fsp3) is 0.379. The van der Waals surface area contributed by atoms with Crippen molar-refractivity contribution in [2.24, 2.45) is 4.99 Å². The summed E-state index contributed by atoms with van der Waals surface area (Å²) in [6.45, 7) is 0.357. The number of aliphatic imine (C=N–C) groups is 1. The number of carbonyl (C=O) groups excluding carboxylic acids is 1. The molecule has 0 spiro atoms. The van der Waals surface area contributed by atoms with E-state index in [-0.39, 0.29) is 11.9 Å². The molecule has 1 aromatic heterocycles. The van der Waals surface area contributed by atoms with Gasteiger partial charge in [-0.05, 0) is 119 Å². The summed E-state index contributed by atoms with van der Waals surface area (Å²) >= 11 is 18.6. The Morgan fingerprint density at radius 3 is 2.53 bits per heavy atom. The van der Waals surface area contributed by atoms with Gasteiger partial charge in [-0.25, -0.2) is 4.99 Å². The molecule has 200 valence electrons. The highest BCUT2D eigenvalue weighted by Gasteiger charge is 2.27. The van der Waals surface area contributed by atoms with Crippen molar-refractivity contribution in [3.8, 4) is 5.75 Å². The van der Waals surface area contributed by atoms with Crippen LogP contribution < -0.4 is 10.1 Å². The number of hydrogen-bond acceptors (Lipinski definition) is 4. The van der Waals surface area contributed by atoms with Gasteiger partial charge in [0.2, 0.25) is 0 Å². The molecule has 1 amide bonds. The monoisotopic (exact) mass is 792 g/mol. The Labute approximate surface area is 265 Å². The highest BCUT2D eigenvalue weighted by Crippen LogP contribution is 2.40. The number of nitrogens with zero attached hydrogens (tertiary/aromatic N) is 1. The summed E-state index contributed by atoms with van der Waals surface area (Å²) in [6, 6.07) is 9.82. The van der Waals surface area contributed by atoms with Gasteiger partial charge in [0, 0.05) is 32.7 Å². The minimum absolute atomic E-state index is 0.0530. The molecule has 2 aromatic carbocycles. The first-order chi connectivity index (χ1) is 18.4. The lowest BCUT2D eigenvalue weighted by Crippen LogP contribution is -2.36. The summed E-state index contributed by atoms with van der Waals surface area (Å²) in [4.78, 5) is 19.6. The largest absolute Gasteiger partial charge is 0.487 e. The van der Waals surface area contributed by atoms with E-state index in [0.717, 1.165) is 66.7 Å². The van der Waals surface area contributed by atoms with E-state index in [0.29, 0.717) is 16.7 Å². The molecular formula is C29H28Cl2I2N2O2S. The first kappa shape index (κ1) is 28.6. The van der Waals surface area contributed by atoms with Crippen LogP contribution in [0.5, 0.6) is 5.75 Å². The van der Waals surface area contributed by atoms with E-state index in [9.17, 15) is 4.79 Å². The van der Waals surface area contributed by atoms with Gasteiger partial charge in [-0.1, -0.05) is 48.5 Å². The maximum Gasteiger partial charge on any atom is 0.254 e. The zero-order valence-corrected chi connectivity index (χ0v) is 27.4. The Kier molecular flexibility index (Phi) is 9.94. The van der Waals surface area contributed by atoms with Gasteiger partial charge >= 0.3 is 0 Å². The summed E-state index contributed by atoms with van der Waals surface area (Å²) in [5, 5.41) is 5.35. The van der Waals surface area contributed by atoms with Crippen molar-refractivity contribution in [1.82, 2.24) is 5.32 Å². The normalized spacial score (nSPS) is 16.0. The Morgan fingerprint density at radius 1 is 1.05 bits per heavy atom. The molecule has 5 rings (SSSR count). The second-order valence-electron chi connectivity index (χ2n) is 9.80. The van der Waals surface area contributed by atoms with Crippen LogP contribution in [0, 0.1) is 7.14 Å². The molecule has 0 bridgehead atoms. The minimum Gasteiger partial charge on any atom is -0.487 e. The Morgan fingerprint density at radius 2 is 1.79 bits per heavy atom. The summed E-state index contributed by atoms with van der Waals surface area (Å²) < 4.78 is 8.11. The van der Waals surface area contributed by atoms with Gasteiger partial charge in [0.15, 0.2) is 0 Å². The van der Waals surface area contributed by atoms with Crippen LogP contribution in [0.2, 0.25) is 10.0 Å². The number of hydrogen-bond donors (Lipinski definition) is 1. The highest BCUT2D eigenvalue weighted by molar-refractivity contribution is 14.1. The van der Waals surface area contributed by atoms with Crippen molar-refractivity contribution in [3.63, 3.8) is 0 Å². The quantitative estimate of drug-likeness (QED) is 0.192. The van der Waals surface area contributed by atoms with Gasteiger partial charge in [0.1, 0.15) is 17.4 Å². The first-order valence-corrected chi connectivity index (χ1v) is 16.7. The number of fused-ring (bicyclic) bond motifs is 1. The third-order valence-electron chi connectivity index (χ3n) is 7.06. The van der Waals surface area contributed by atoms with E-state index in [1.165, 1.54) is 36.1 Å². The van der Waals surface area contributed by atoms with Crippen LogP contribution in [0.4, 0.5) is 5.00 Å². The lowest BCUT2D eigenvalue weighted by Gasteiger charge is -2.23. The van der Waals surface area contributed by atoms with Crippen LogP contribution in [0.15, 0.2) is 35.3 Å². The Hall–Kier alpha value is -0.880. The number of ether oxygens (including phenoxy) is 1. The summed E-state index contributed by atoms with van der Waals surface area (Å²) in [7, 11) is 0. The molecule has 0 unspecified atom stereocenters. The van der Waals surface area contributed by atoms with Crippen LogP contribution in [0.25, 0.3) is 0 Å². The van der Waals surface area contributed by atoms with Crippen LogP contribution in [0.3, 0.4) is 0 Å². The standard InChI is InChI=1S/C29H28Cl2I2N2O2S/c30-19-11-10-18(22(31)14-19)16-37-27-23(32)12-17(13-24(27)33)15-34-29-26(21-8-4-5-9-25(21)38-29)28(36)35-20-6-2-1-3-7-20/h10-15,20H,1-9,16H2,(H,35,36). The number of benzene rings is 2. The molecule has 0 radical (unpaired) electrons. The average Bonchev–Trinajstić information content (AvgIpc) is 3.27. The molecule has 0 saturated heterocycles. The SMILES string of the molecule is O=C(NC1CCCCC1)c1c(N=Cc2cc(I)c(OCc3ccc(Cl)cc3Cl)c(I)c2)sc2c1CCCC2. The predicted octanol–water partition coefficient (Wildman–Crippen LogP) is 9.53. The second-order valence-corrected chi connectivity index (χ2v) is 14.0. The third-order valence-corrected chi connectivity index (χ3v) is 10.4. The van der Waals surface area contributed by atoms with Crippen molar-refractivity contribution in [3.05, 3.63) is 74.6 Å². The van der Waals surface area contributed by atoms with Crippen LogP contribution in [0.1, 0.15) is 76.9 Å². The summed E-state index contributed by atoms with van der Waals surface area (Å²) in [6.07, 6.45) is 12.0. The topological polar surface area (TPSA) is 50.7 Å². The van der Waals surface area contributed by atoms with E-state index in [2.05, 4.69) is 62.6 Å². The van der Waals surface area contributed by atoms with E-state index >= 15 is 0 Å². The number of nitrogens with one attached hydrogen (secondary N) is 1. The average molecular weight is 793 g/mol. The zero-order valence-electron chi connectivity index (χ0n) is 20.8. The minimum atomic E-state index is 0.0530. The van der Waals surface area contributed by atoms with Crippen molar-refractivity contribution in [2.45, 2.75) is 70.4 Å². The molecule has 1 saturated carbocycles. The van der Waals surface area contributed by atoms with Crippen molar-refractivity contribution < 1.29 is 9.53 Å². The molecule has 0 atom stereocenters. The van der Waals surface area contributed by atoms with Crippen molar-refractivity contribution >= 4 is 96.8 Å². The first-order valence-electron chi connectivity index (χ1n) is 12.9. The van der Waals surface area contributed by atoms with Gasteiger partial charge in [0.25, 0.3) is 5.91 Å². The lowest BCUT2D eigenvalue weighted by atomic mass is 9.93. The van der Waals surface area contributed by atoms with E-state index in [1.807, 2.05) is 18.3 Å². The second kappa shape index (κ2) is 13.2. The lowest BCUT2D eigenvalue weighted by molar-refractivity contribution is 0.0927. The molecule has 1 fully saturated rings. The molecule has 1 heterocycles. The number of carbonyl (C=O) groups is 1. The Bertz CT molecular complexity index is 1350. The molecule has 2 aliphatic carbocycles. The predicted molar refractivity (Wildman–Crippen MR) is 175 cm³/mol. The molecule has 1 N–H and O–H groups in total. The van der Waals surface area contributed by atoms with E-state index < -0.39 is 0 Å². The molecule has 0 aliphatic heterocycles. The van der Waals surface area contributed by atoms with E-state index in [1.54, 1.807) is 17.4 Å². The number of halogens is 4. The number of thiophene rings is 1. The maximum absolute atomic E-state index is 13.4. The van der Waals surface area contributed by atoms with Gasteiger partial charge < -0.3 is 10.1 Å². The third kappa shape index (κ3) is 6.87. The smallest absolute Gasteiger partial charge is 0.254 e. The van der Waals surface area contributed by atoms with Crippen LogP contribution >= 0.6 is 79.7 Å². The molecule has 2 aliphatic rings. The molecule has 38 heavy (non-hydrogen) atoms. The van der Waals surface area contributed by atoms with E-state index in [4.69, 9.17) is 32.9 Å². The van der Waals surface area contributed by atoms with Gasteiger partial charge in [-0.3, -0.25) is 4.79 Å². The Balaban J connectivity index is 1.35. The van der Waals surface area contributed by atoms with Crippen molar-refractivity contribution in [1.29, 1.82) is 0 Å². The van der Waals surface area contributed by atoms with Gasteiger partial charge in [-0.2, -0.15) is 0 Å². The van der Waals surface area contributed by atoms with Gasteiger partial charge in [0.05, 0.1) is 12.7 Å². The number of aryl methyl sites for hydroxylation is 1. The van der Waals surface area contributed by atoms with Crippen LogP contribution in [-0.2, 0) is 19.4 Å².